The fourth-order valence-electron chi connectivity index (χ4n) is 2.02. The number of hydrogen-bond donors (Lipinski definition) is 0. The molecular formula is C17H11F5O3. The van der Waals surface area contributed by atoms with Gasteiger partial charge < -0.3 is 4.74 Å². The number of ketones is 1. The van der Waals surface area contributed by atoms with Crippen molar-refractivity contribution in [3.8, 4) is 0 Å². The van der Waals surface area contributed by atoms with Gasteiger partial charge in [-0.25, -0.2) is 4.79 Å². The Bertz CT molecular complexity index is 769. The largest absolute Gasteiger partial charge is 0.456 e. The number of carbonyl (C=O) groups excluding carboxylic acids is 2. The molecule has 0 aliphatic heterocycles. The predicted octanol–water partition coefficient (Wildman–Crippen LogP) is 4.27. The summed E-state index contributed by atoms with van der Waals surface area (Å²) in [7, 11) is 0. The smallest absolute Gasteiger partial charge is 0.416 e. The molecule has 0 unspecified atom stereocenters. The van der Waals surface area contributed by atoms with Gasteiger partial charge in [0.05, 0.1) is 5.56 Å². The Morgan fingerprint density at radius 2 is 1.40 bits per heavy atom. The van der Waals surface area contributed by atoms with E-state index in [-0.39, 0.29) is 0 Å². The molecule has 0 aliphatic carbocycles. The minimum absolute atomic E-state index is 0.417. The number of ether oxygens (including phenoxy) is 1. The topological polar surface area (TPSA) is 43.4 Å². The summed E-state index contributed by atoms with van der Waals surface area (Å²) in [5.74, 6) is -8.50. The number of rotatable bonds is 5. The van der Waals surface area contributed by atoms with Gasteiger partial charge in [-0.3, -0.25) is 4.79 Å². The predicted molar refractivity (Wildman–Crippen MR) is 77.0 cm³/mol. The highest BCUT2D eigenvalue weighted by Gasteiger charge is 2.49. The molecule has 0 radical (unpaired) electrons. The van der Waals surface area contributed by atoms with Crippen LogP contribution in [0.15, 0.2) is 54.6 Å². The standard InChI is InChI=1S/C17H11F5O3/c18-16(19,14(23)11-6-2-1-3-7-11)15(24)25-10-12-8-4-5-9-13(12)17(20,21)22/h1-9H,10H2. The number of carbonyl (C=O) groups is 2. The van der Waals surface area contributed by atoms with Crippen LogP contribution in [0.5, 0.6) is 0 Å². The zero-order valence-corrected chi connectivity index (χ0v) is 12.5. The minimum Gasteiger partial charge on any atom is -0.456 e. The number of Topliss-reactive ketones (excluding diaryl/α,β-unsaturated/α-hetero) is 1. The first-order chi connectivity index (χ1) is 11.6. The van der Waals surface area contributed by atoms with E-state index in [1.807, 2.05) is 0 Å². The fourth-order valence-corrected chi connectivity index (χ4v) is 2.02. The van der Waals surface area contributed by atoms with Crippen molar-refractivity contribution >= 4 is 11.8 Å². The third kappa shape index (κ3) is 4.20. The summed E-state index contributed by atoms with van der Waals surface area (Å²) in [6, 6.07) is 10.4. The molecule has 8 heteroatoms. The maximum atomic E-state index is 13.9. The zero-order chi connectivity index (χ0) is 18.7. The van der Waals surface area contributed by atoms with Gasteiger partial charge in [-0.1, -0.05) is 48.5 Å². The van der Waals surface area contributed by atoms with E-state index in [0.29, 0.717) is 0 Å². The lowest BCUT2D eigenvalue weighted by Crippen LogP contribution is -2.39. The van der Waals surface area contributed by atoms with Crippen molar-refractivity contribution in [2.24, 2.45) is 0 Å². The van der Waals surface area contributed by atoms with Crippen molar-refractivity contribution in [3.05, 3.63) is 71.3 Å². The quantitative estimate of drug-likeness (QED) is 0.347. The molecule has 0 fully saturated rings. The summed E-state index contributed by atoms with van der Waals surface area (Å²) in [5.41, 5.74) is -2.02. The van der Waals surface area contributed by atoms with Crippen LogP contribution < -0.4 is 0 Å². The maximum absolute atomic E-state index is 13.9. The molecule has 0 aromatic heterocycles. The monoisotopic (exact) mass is 358 g/mol. The number of halogens is 5. The van der Waals surface area contributed by atoms with Gasteiger partial charge in [0.2, 0.25) is 5.78 Å². The van der Waals surface area contributed by atoms with E-state index < -0.39 is 47.1 Å². The lowest BCUT2D eigenvalue weighted by atomic mass is 10.1. The molecule has 0 amide bonds. The summed E-state index contributed by atoms with van der Waals surface area (Å²) in [6.07, 6.45) is -4.73. The average Bonchev–Trinajstić information content (AvgIpc) is 2.59. The minimum atomic E-state index is -4.73. The van der Waals surface area contributed by atoms with Gasteiger partial charge in [0.25, 0.3) is 0 Å². The molecule has 132 valence electrons. The number of hydrogen-bond acceptors (Lipinski definition) is 3. The first-order valence-electron chi connectivity index (χ1n) is 6.94. The van der Waals surface area contributed by atoms with E-state index >= 15 is 0 Å². The molecule has 0 spiro atoms. The van der Waals surface area contributed by atoms with Gasteiger partial charge >= 0.3 is 18.1 Å². The summed E-state index contributed by atoms with van der Waals surface area (Å²) in [4.78, 5) is 23.3. The molecule has 2 rings (SSSR count). The number of benzene rings is 2. The van der Waals surface area contributed by atoms with Crippen LogP contribution in [0, 0.1) is 0 Å². The highest BCUT2D eigenvalue weighted by Crippen LogP contribution is 2.32. The van der Waals surface area contributed by atoms with Crippen molar-refractivity contribution in [2.75, 3.05) is 0 Å². The molecule has 0 saturated carbocycles. The summed E-state index contributed by atoms with van der Waals surface area (Å²) >= 11 is 0. The summed E-state index contributed by atoms with van der Waals surface area (Å²) < 4.78 is 70.5. The van der Waals surface area contributed by atoms with Gasteiger partial charge in [0.15, 0.2) is 0 Å². The first kappa shape index (κ1) is 18.6. The molecule has 0 saturated heterocycles. The Labute approximate surface area is 139 Å². The van der Waals surface area contributed by atoms with Gasteiger partial charge in [0, 0.05) is 11.1 Å². The maximum Gasteiger partial charge on any atom is 0.416 e. The number of esters is 1. The van der Waals surface area contributed by atoms with Crippen molar-refractivity contribution < 1.29 is 36.3 Å². The Balaban J connectivity index is 2.14. The van der Waals surface area contributed by atoms with Crippen molar-refractivity contribution in [2.45, 2.75) is 18.7 Å². The Morgan fingerprint density at radius 1 is 0.840 bits per heavy atom. The molecule has 0 N–H and O–H groups in total. The molecule has 25 heavy (non-hydrogen) atoms. The van der Waals surface area contributed by atoms with E-state index in [1.165, 1.54) is 24.3 Å². The molecule has 0 aliphatic rings. The molecule has 3 nitrogen and oxygen atoms in total. The molecule has 0 bridgehead atoms. The van der Waals surface area contributed by atoms with Gasteiger partial charge in [-0.2, -0.15) is 22.0 Å². The van der Waals surface area contributed by atoms with E-state index in [2.05, 4.69) is 4.74 Å². The van der Waals surface area contributed by atoms with Crippen LogP contribution in [0.25, 0.3) is 0 Å². The van der Waals surface area contributed by atoms with Crippen molar-refractivity contribution in [1.82, 2.24) is 0 Å². The second-order valence-electron chi connectivity index (χ2n) is 5.00. The molecule has 2 aromatic rings. The highest BCUT2D eigenvalue weighted by atomic mass is 19.4. The summed E-state index contributed by atoms with van der Waals surface area (Å²) in [6.45, 7) is -1.04. The van der Waals surface area contributed by atoms with Crippen LogP contribution in [0.2, 0.25) is 0 Å². The van der Waals surface area contributed by atoms with Crippen LogP contribution in [0.3, 0.4) is 0 Å². The van der Waals surface area contributed by atoms with Gasteiger partial charge in [-0.15, -0.1) is 0 Å². The highest BCUT2D eigenvalue weighted by molar-refractivity contribution is 6.13. The Morgan fingerprint density at radius 3 is 2.00 bits per heavy atom. The van der Waals surface area contributed by atoms with Crippen LogP contribution >= 0.6 is 0 Å². The summed E-state index contributed by atoms with van der Waals surface area (Å²) in [5, 5.41) is 0. The van der Waals surface area contributed by atoms with Crippen LogP contribution in [-0.2, 0) is 22.3 Å². The van der Waals surface area contributed by atoms with Crippen LogP contribution in [0.4, 0.5) is 22.0 Å². The second-order valence-corrected chi connectivity index (χ2v) is 5.00. The SMILES string of the molecule is O=C(OCc1ccccc1C(F)(F)F)C(F)(F)C(=O)c1ccccc1. The average molecular weight is 358 g/mol. The zero-order valence-electron chi connectivity index (χ0n) is 12.5. The van der Waals surface area contributed by atoms with E-state index in [1.54, 1.807) is 0 Å². The van der Waals surface area contributed by atoms with E-state index in [0.717, 1.165) is 30.3 Å². The number of alkyl halides is 5. The van der Waals surface area contributed by atoms with E-state index in [4.69, 9.17) is 0 Å². The molecule has 0 heterocycles. The molecule has 0 atom stereocenters. The fraction of sp³-hybridized carbons (Fsp3) is 0.176. The normalized spacial score (nSPS) is 11.9. The lowest BCUT2D eigenvalue weighted by molar-refractivity contribution is -0.167. The molecular weight excluding hydrogens is 347 g/mol. The van der Waals surface area contributed by atoms with Gasteiger partial charge in [0.1, 0.15) is 6.61 Å². The third-order valence-corrected chi connectivity index (χ3v) is 3.26. The Hall–Kier alpha value is -2.77. The molecule has 2 aromatic carbocycles. The van der Waals surface area contributed by atoms with Crippen molar-refractivity contribution in [3.63, 3.8) is 0 Å². The van der Waals surface area contributed by atoms with E-state index in [9.17, 15) is 31.5 Å². The van der Waals surface area contributed by atoms with Crippen LogP contribution in [0.1, 0.15) is 21.5 Å². The van der Waals surface area contributed by atoms with Crippen molar-refractivity contribution in [1.29, 1.82) is 0 Å². The first-order valence-corrected chi connectivity index (χ1v) is 6.94. The lowest BCUT2D eigenvalue weighted by Gasteiger charge is -2.16. The Kier molecular flexibility index (Phi) is 5.20. The van der Waals surface area contributed by atoms with Crippen LogP contribution in [-0.4, -0.2) is 17.7 Å². The second kappa shape index (κ2) is 7.00. The third-order valence-electron chi connectivity index (χ3n) is 3.26. The van der Waals surface area contributed by atoms with Gasteiger partial charge in [-0.05, 0) is 6.07 Å².